The van der Waals surface area contributed by atoms with Crippen LogP contribution in [0.5, 0.6) is 5.75 Å². The van der Waals surface area contributed by atoms with Gasteiger partial charge in [0, 0.05) is 29.1 Å². The lowest BCUT2D eigenvalue weighted by molar-refractivity contribution is 0.242. The Balaban J connectivity index is 2.15. The molecule has 2 aromatic rings. The van der Waals surface area contributed by atoms with Crippen LogP contribution in [0.1, 0.15) is 11.1 Å². The molecule has 2 N–H and O–H groups in total. The highest BCUT2D eigenvalue weighted by Gasteiger charge is 2.26. The van der Waals surface area contributed by atoms with Gasteiger partial charge in [-0.1, -0.05) is 17.7 Å². The van der Waals surface area contributed by atoms with Crippen LogP contribution < -0.4 is 10.5 Å². The third-order valence-corrected chi connectivity index (χ3v) is 3.84. The van der Waals surface area contributed by atoms with E-state index in [2.05, 4.69) is 0 Å². The maximum atomic E-state index is 13.8. The monoisotopic (exact) mass is 291 g/mol. The topological polar surface area (TPSA) is 35.2 Å². The third-order valence-electron chi connectivity index (χ3n) is 3.60. The van der Waals surface area contributed by atoms with Gasteiger partial charge in [-0.15, -0.1) is 0 Å². The highest BCUT2D eigenvalue weighted by Crippen LogP contribution is 2.41. The number of aryl methyl sites for hydroxylation is 1. The molecule has 0 saturated carbocycles. The van der Waals surface area contributed by atoms with E-state index in [1.54, 1.807) is 6.07 Å². The number of hydrogen-bond acceptors (Lipinski definition) is 2. The molecule has 1 aliphatic rings. The second-order valence-electron chi connectivity index (χ2n) is 5.08. The van der Waals surface area contributed by atoms with Crippen LogP contribution in [0.3, 0.4) is 0 Å². The van der Waals surface area contributed by atoms with E-state index in [0.29, 0.717) is 18.0 Å². The van der Waals surface area contributed by atoms with Gasteiger partial charge in [-0.3, -0.25) is 0 Å². The Morgan fingerprint density at radius 1 is 1.30 bits per heavy atom. The predicted octanol–water partition coefficient (Wildman–Crippen LogP) is 3.72. The average Bonchev–Trinajstić information content (AvgIpc) is 2.81. The Labute approximate surface area is 122 Å². The number of fused-ring (bicyclic) bond motifs is 1. The molecule has 104 valence electrons. The summed E-state index contributed by atoms with van der Waals surface area (Å²) in [6, 6.07) is 8.60. The molecule has 2 nitrogen and oxygen atoms in total. The summed E-state index contributed by atoms with van der Waals surface area (Å²) >= 11 is 5.98. The van der Waals surface area contributed by atoms with Crippen LogP contribution in [0.15, 0.2) is 30.3 Å². The summed E-state index contributed by atoms with van der Waals surface area (Å²) < 4.78 is 19.7. The van der Waals surface area contributed by atoms with E-state index in [-0.39, 0.29) is 11.9 Å². The SMILES string of the molecule is Cc1cc(Cl)ccc1-c1cc(F)cc2c1OC(CN)C2. The van der Waals surface area contributed by atoms with Crippen molar-refractivity contribution in [3.63, 3.8) is 0 Å². The van der Waals surface area contributed by atoms with E-state index in [1.165, 1.54) is 12.1 Å². The first-order valence-electron chi connectivity index (χ1n) is 6.54. The summed E-state index contributed by atoms with van der Waals surface area (Å²) in [4.78, 5) is 0. The normalized spacial score (nSPS) is 16.9. The highest BCUT2D eigenvalue weighted by atomic mass is 35.5. The lowest BCUT2D eigenvalue weighted by Gasteiger charge is -2.13. The molecule has 1 atom stereocenters. The van der Waals surface area contributed by atoms with Crippen molar-refractivity contribution in [2.45, 2.75) is 19.4 Å². The minimum Gasteiger partial charge on any atom is -0.488 e. The molecule has 1 heterocycles. The van der Waals surface area contributed by atoms with Gasteiger partial charge in [0.2, 0.25) is 0 Å². The fourth-order valence-electron chi connectivity index (χ4n) is 2.66. The number of rotatable bonds is 2. The lowest BCUT2D eigenvalue weighted by Crippen LogP contribution is -2.24. The summed E-state index contributed by atoms with van der Waals surface area (Å²) in [6.45, 7) is 2.38. The molecule has 3 rings (SSSR count). The maximum absolute atomic E-state index is 13.8. The Morgan fingerprint density at radius 2 is 2.10 bits per heavy atom. The Bertz CT molecular complexity index is 672. The molecule has 0 fully saturated rings. The van der Waals surface area contributed by atoms with E-state index in [1.807, 2.05) is 19.1 Å². The van der Waals surface area contributed by atoms with Crippen LogP contribution in [0, 0.1) is 12.7 Å². The molecule has 0 amide bonds. The van der Waals surface area contributed by atoms with Crippen molar-refractivity contribution < 1.29 is 9.13 Å². The highest BCUT2D eigenvalue weighted by molar-refractivity contribution is 6.30. The number of hydrogen-bond donors (Lipinski definition) is 1. The Kier molecular flexibility index (Phi) is 3.40. The molecule has 2 aromatic carbocycles. The van der Waals surface area contributed by atoms with E-state index < -0.39 is 0 Å². The number of halogens is 2. The molecule has 0 aromatic heterocycles. The number of benzene rings is 2. The molecule has 0 spiro atoms. The minimum atomic E-state index is -0.255. The largest absolute Gasteiger partial charge is 0.488 e. The molecule has 0 radical (unpaired) electrons. The zero-order valence-electron chi connectivity index (χ0n) is 11.1. The number of ether oxygens (including phenoxy) is 1. The Hall–Kier alpha value is -1.58. The first kappa shape index (κ1) is 13.4. The first-order chi connectivity index (χ1) is 9.58. The van der Waals surface area contributed by atoms with Crippen molar-refractivity contribution in [2.75, 3.05) is 6.54 Å². The van der Waals surface area contributed by atoms with Gasteiger partial charge in [0.1, 0.15) is 17.7 Å². The van der Waals surface area contributed by atoms with Gasteiger partial charge in [0.25, 0.3) is 0 Å². The van der Waals surface area contributed by atoms with Gasteiger partial charge in [-0.05, 0) is 42.3 Å². The van der Waals surface area contributed by atoms with Gasteiger partial charge in [0.05, 0.1) is 0 Å². The summed E-state index contributed by atoms with van der Waals surface area (Å²) in [7, 11) is 0. The average molecular weight is 292 g/mol. The molecular formula is C16H15ClFNO. The standard InChI is InChI=1S/C16H15ClFNO/c1-9-4-11(17)2-3-14(9)15-7-12(18)5-10-6-13(8-19)20-16(10)15/h2-5,7,13H,6,8,19H2,1H3. The van der Waals surface area contributed by atoms with E-state index in [4.69, 9.17) is 22.1 Å². The molecule has 1 unspecified atom stereocenters. The van der Waals surface area contributed by atoms with Gasteiger partial charge >= 0.3 is 0 Å². The number of nitrogens with two attached hydrogens (primary N) is 1. The van der Waals surface area contributed by atoms with E-state index in [9.17, 15) is 4.39 Å². The lowest BCUT2D eigenvalue weighted by atomic mass is 9.97. The zero-order chi connectivity index (χ0) is 14.3. The quantitative estimate of drug-likeness (QED) is 0.915. The van der Waals surface area contributed by atoms with Crippen molar-refractivity contribution in [1.82, 2.24) is 0 Å². The summed E-state index contributed by atoms with van der Waals surface area (Å²) in [5.41, 5.74) is 9.23. The fourth-order valence-corrected chi connectivity index (χ4v) is 2.88. The molecule has 1 aliphatic heterocycles. The summed E-state index contributed by atoms with van der Waals surface area (Å²) in [5, 5.41) is 0.667. The summed E-state index contributed by atoms with van der Waals surface area (Å²) in [6.07, 6.45) is 0.585. The van der Waals surface area contributed by atoms with Crippen molar-refractivity contribution in [2.24, 2.45) is 5.73 Å². The predicted molar refractivity (Wildman–Crippen MR) is 78.8 cm³/mol. The Morgan fingerprint density at radius 3 is 2.80 bits per heavy atom. The molecule has 20 heavy (non-hydrogen) atoms. The van der Waals surface area contributed by atoms with Crippen molar-refractivity contribution in [3.8, 4) is 16.9 Å². The van der Waals surface area contributed by atoms with Crippen molar-refractivity contribution in [1.29, 1.82) is 0 Å². The summed E-state index contributed by atoms with van der Waals surface area (Å²) in [5.74, 6) is 0.488. The molecular weight excluding hydrogens is 277 g/mol. The van der Waals surface area contributed by atoms with E-state index >= 15 is 0 Å². The second kappa shape index (κ2) is 5.08. The van der Waals surface area contributed by atoms with Crippen LogP contribution in [-0.2, 0) is 6.42 Å². The van der Waals surface area contributed by atoms with Gasteiger partial charge in [-0.25, -0.2) is 4.39 Å². The molecule has 0 saturated heterocycles. The third kappa shape index (κ3) is 2.28. The van der Waals surface area contributed by atoms with Crippen LogP contribution in [-0.4, -0.2) is 12.6 Å². The van der Waals surface area contributed by atoms with Crippen LogP contribution >= 0.6 is 11.6 Å². The molecule has 0 bridgehead atoms. The van der Waals surface area contributed by atoms with Crippen LogP contribution in [0.25, 0.3) is 11.1 Å². The zero-order valence-corrected chi connectivity index (χ0v) is 11.9. The van der Waals surface area contributed by atoms with Gasteiger partial charge < -0.3 is 10.5 Å². The molecule has 0 aliphatic carbocycles. The second-order valence-corrected chi connectivity index (χ2v) is 5.52. The minimum absolute atomic E-state index is 0.0712. The van der Waals surface area contributed by atoms with Gasteiger partial charge in [-0.2, -0.15) is 0 Å². The fraction of sp³-hybridized carbons (Fsp3) is 0.250. The van der Waals surface area contributed by atoms with Crippen LogP contribution in [0.4, 0.5) is 4.39 Å². The van der Waals surface area contributed by atoms with Crippen molar-refractivity contribution >= 4 is 11.6 Å². The van der Waals surface area contributed by atoms with Gasteiger partial charge in [0.15, 0.2) is 0 Å². The van der Waals surface area contributed by atoms with Crippen molar-refractivity contribution in [3.05, 3.63) is 52.3 Å². The molecule has 4 heteroatoms. The van der Waals surface area contributed by atoms with Crippen LogP contribution in [0.2, 0.25) is 5.02 Å². The van der Waals surface area contributed by atoms with E-state index in [0.717, 1.165) is 28.0 Å². The smallest absolute Gasteiger partial charge is 0.131 e. The maximum Gasteiger partial charge on any atom is 0.131 e. The first-order valence-corrected chi connectivity index (χ1v) is 6.92.